The molecule has 0 spiro atoms. The molecule has 0 aromatic heterocycles. The summed E-state index contributed by atoms with van der Waals surface area (Å²) < 4.78 is 11.6. The lowest BCUT2D eigenvalue weighted by Gasteiger charge is -2.30. The largest absolute Gasteiger partial charge is 0.497 e. The predicted molar refractivity (Wildman–Crippen MR) is 357 cm³/mol. The minimum absolute atomic E-state index is 0.808. The van der Waals surface area contributed by atoms with Crippen molar-refractivity contribution in [1.82, 2.24) is 0 Å². The molecule has 17 aromatic carbocycles. The van der Waals surface area contributed by atoms with Crippen LogP contribution in [0.5, 0.6) is 11.5 Å². The lowest BCUT2D eigenvalue weighted by molar-refractivity contribution is 0.414. The van der Waals surface area contributed by atoms with Crippen LogP contribution in [0.25, 0.3) is 130 Å². The average Bonchev–Trinajstić information content (AvgIpc) is 0.912. The molecular weight excluding hydrogens is 1020 g/mol. The maximum Gasteiger partial charge on any atom is 0.118 e. The van der Waals surface area contributed by atoms with Crippen LogP contribution in [0.4, 0.5) is 34.1 Å². The Balaban J connectivity index is 0.967. The van der Waals surface area contributed by atoms with E-state index in [0.717, 1.165) is 89.4 Å². The fraction of sp³-hybridized carbons (Fsp3) is 0.0250. The van der Waals surface area contributed by atoms with Crippen LogP contribution in [0.3, 0.4) is 0 Å². The molecule has 0 bridgehead atoms. The van der Waals surface area contributed by atoms with Gasteiger partial charge in [-0.3, -0.25) is 0 Å². The van der Waals surface area contributed by atoms with Crippen molar-refractivity contribution in [3.63, 3.8) is 0 Å². The fourth-order valence-electron chi connectivity index (χ4n) is 14.3. The van der Waals surface area contributed by atoms with Crippen LogP contribution in [0, 0.1) is 0 Å². The van der Waals surface area contributed by atoms with E-state index < -0.39 is 0 Å². The third-order valence-electron chi connectivity index (χ3n) is 17.9. The monoisotopic (exact) mass is 1070 g/mol. The number of nitrogens with zero attached hydrogens (tertiary/aromatic N) is 2. The van der Waals surface area contributed by atoms with Crippen molar-refractivity contribution in [3.8, 4) is 33.8 Å². The number of para-hydroxylation sites is 2. The molecular formula is C80H52N2O2. The van der Waals surface area contributed by atoms with Crippen LogP contribution in [0.1, 0.15) is 0 Å². The third-order valence-corrected chi connectivity index (χ3v) is 17.9. The van der Waals surface area contributed by atoms with E-state index in [0.29, 0.717) is 0 Å². The van der Waals surface area contributed by atoms with Crippen molar-refractivity contribution in [3.05, 3.63) is 279 Å². The van der Waals surface area contributed by atoms with Crippen LogP contribution in [0.15, 0.2) is 279 Å². The smallest absolute Gasteiger partial charge is 0.118 e. The third kappa shape index (κ3) is 7.14. The number of fused-ring (bicyclic) bond motifs is 7. The van der Waals surface area contributed by atoms with Crippen LogP contribution < -0.4 is 19.3 Å². The Bertz CT molecular complexity index is 5000. The molecule has 0 atom stereocenters. The van der Waals surface area contributed by atoms with Crippen molar-refractivity contribution in [1.29, 1.82) is 0 Å². The number of hydrogen-bond donors (Lipinski definition) is 0. The van der Waals surface area contributed by atoms with Crippen LogP contribution in [-0.4, -0.2) is 14.2 Å². The van der Waals surface area contributed by atoms with Gasteiger partial charge in [-0.05, 0) is 204 Å². The number of hydrogen-bond acceptors (Lipinski definition) is 4. The molecule has 0 unspecified atom stereocenters. The minimum Gasteiger partial charge on any atom is -0.497 e. The Morgan fingerprint density at radius 2 is 0.548 bits per heavy atom. The summed E-state index contributed by atoms with van der Waals surface area (Å²) in [6.07, 6.45) is 0. The molecule has 4 nitrogen and oxygen atoms in total. The fourth-order valence-corrected chi connectivity index (χ4v) is 14.3. The zero-order valence-corrected chi connectivity index (χ0v) is 46.3. The normalized spacial score (nSPS) is 11.9. The van der Waals surface area contributed by atoms with Crippen LogP contribution in [0.2, 0.25) is 0 Å². The van der Waals surface area contributed by atoms with Crippen LogP contribution in [-0.2, 0) is 0 Å². The summed E-state index contributed by atoms with van der Waals surface area (Å²) in [5.41, 5.74) is 10.9. The molecule has 17 aromatic rings. The summed E-state index contributed by atoms with van der Waals surface area (Å²) in [6, 6.07) is 103. The van der Waals surface area contributed by atoms with Gasteiger partial charge in [0.15, 0.2) is 0 Å². The van der Waals surface area contributed by atoms with Crippen LogP contribution >= 0.6 is 0 Å². The molecule has 0 aliphatic rings. The van der Waals surface area contributed by atoms with Crippen molar-refractivity contribution in [2.75, 3.05) is 24.0 Å². The van der Waals surface area contributed by atoms with E-state index in [1.807, 2.05) is 0 Å². The molecule has 0 aliphatic heterocycles. The SMILES string of the molecule is COc1ccc(-c2c(-c3ccc(OC)cc3)c3ccc(N(c4ccccc4)c4ccc5c6cccc7cccc(c8cccc4c85)c76)cc3c3cc(N(c4ccccc4)c4ccc5c6cccc7cccc(c8cccc4c85)c76)ccc23)cc1. The lowest BCUT2D eigenvalue weighted by atomic mass is 9.84. The van der Waals surface area contributed by atoms with Gasteiger partial charge in [-0.1, -0.05) is 194 Å². The van der Waals surface area contributed by atoms with Crippen molar-refractivity contribution in [2.24, 2.45) is 0 Å². The second-order valence-corrected chi connectivity index (χ2v) is 22.1. The highest BCUT2D eigenvalue weighted by Crippen LogP contribution is 2.52. The topological polar surface area (TPSA) is 24.9 Å². The van der Waals surface area contributed by atoms with Gasteiger partial charge >= 0.3 is 0 Å². The van der Waals surface area contributed by atoms with Crippen molar-refractivity contribution < 1.29 is 9.47 Å². The predicted octanol–water partition coefficient (Wildman–Crippen LogP) is 22.4. The van der Waals surface area contributed by atoms with Gasteiger partial charge in [0.25, 0.3) is 0 Å². The first-order valence-corrected chi connectivity index (χ1v) is 28.8. The molecule has 17 rings (SSSR count). The first-order valence-electron chi connectivity index (χ1n) is 28.8. The average molecular weight is 1070 g/mol. The molecule has 0 heterocycles. The highest BCUT2D eigenvalue weighted by molar-refractivity contribution is 6.36. The molecule has 0 amide bonds. The molecule has 0 aliphatic carbocycles. The number of ether oxygens (including phenoxy) is 2. The van der Waals surface area contributed by atoms with Gasteiger partial charge in [-0.2, -0.15) is 0 Å². The highest BCUT2D eigenvalue weighted by Gasteiger charge is 2.26. The van der Waals surface area contributed by atoms with Gasteiger partial charge in [-0.25, -0.2) is 0 Å². The first kappa shape index (κ1) is 47.8. The van der Waals surface area contributed by atoms with E-state index in [1.54, 1.807) is 14.2 Å². The summed E-state index contributed by atoms with van der Waals surface area (Å²) in [4.78, 5) is 4.93. The zero-order valence-electron chi connectivity index (χ0n) is 46.3. The number of benzene rings is 17. The minimum atomic E-state index is 0.808. The summed E-state index contributed by atoms with van der Waals surface area (Å²) in [5.74, 6) is 1.62. The lowest BCUT2D eigenvalue weighted by Crippen LogP contribution is -2.11. The maximum absolute atomic E-state index is 5.78. The quantitative estimate of drug-likeness (QED) is 0.101. The van der Waals surface area contributed by atoms with Gasteiger partial charge in [0.2, 0.25) is 0 Å². The van der Waals surface area contributed by atoms with Gasteiger partial charge in [-0.15, -0.1) is 0 Å². The summed E-state index contributed by atoms with van der Waals surface area (Å²) >= 11 is 0. The summed E-state index contributed by atoms with van der Waals surface area (Å²) in [6.45, 7) is 0. The molecule has 0 radical (unpaired) electrons. The molecule has 394 valence electrons. The maximum atomic E-state index is 5.78. The van der Waals surface area contributed by atoms with E-state index in [4.69, 9.17) is 9.47 Å². The Kier molecular flexibility index (Phi) is 10.7. The standard InChI is InChI=1S/C80H52N2O2/c1-83-57-37-31-51(32-38-57)77-67-41-35-55(81(53-19-5-3-6-20-53)73-45-43-65-61-25-11-17-49-15-9-23-59(75(49)61)63-27-13-29-69(73)79(63)65)47-71(67)72-48-56(36-42-68(72)78(77)52-33-39-58(84-2)40-34-52)82(54-21-7-4-8-22-54)74-46-44-66-62-26-12-18-50-16-10-24-60(76(50)62)64-28-14-30-70(74)80(64)66/h3-48H,1-2H3. The zero-order chi connectivity index (χ0) is 55.6. The Morgan fingerprint density at radius 3 is 0.917 bits per heavy atom. The molecule has 0 saturated carbocycles. The van der Waals surface area contributed by atoms with Crippen molar-refractivity contribution in [2.45, 2.75) is 0 Å². The van der Waals surface area contributed by atoms with Gasteiger partial charge in [0.05, 0.1) is 25.6 Å². The van der Waals surface area contributed by atoms with E-state index >= 15 is 0 Å². The number of methoxy groups -OCH3 is 2. The Morgan fingerprint density at radius 1 is 0.226 bits per heavy atom. The molecule has 0 fully saturated rings. The van der Waals surface area contributed by atoms with E-state index in [2.05, 4.69) is 289 Å². The van der Waals surface area contributed by atoms with E-state index in [1.165, 1.54) is 86.2 Å². The van der Waals surface area contributed by atoms with Gasteiger partial charge in [0.1, 0.15) is 11.5 Å². The number of anilines is 6. The molecule has 0 saturated heterocycles. The molecule has 84 heavy (non-hydrogen) atoms. The summed E-state index contributed by atoms with van der Waals surface area (Å²) in [7, 11) is 3.46. The molecule has 4 heteroatoms. The Labute approximate surface area is 485 Å². The van der Waals surface area contributed by atoms with Gasteiger partial charge < -0.3 is 19.3 Å². The second-order valence-electron chi connectivity index (χ2n) is 22.1. The Hall–Kier alpha value is -10.9. The highest BCUT2D eigenvalue weighted by atomic mass is 16.5. The number of rotatable bonds is 10. The molecule has 0 N–H and O–H groups in total. The van der Waals surface area contributed by atoms with E-state index in [9.17, 15) is 0 Å². The van der Waals surface area contributed by atoms with E-state index in [-0.39, 0.29) is 0 Å². The summed E-state index contributed by atoms with van der Waals surface area (Å²) in [5, 5.41) is 24.7. The van der Waals surface area contributed by atoms with Gasteiger partial charge in [0, 0.05) is 33.5 Å². The first-order chi connectivity index (χ1) is 41.6. The van der Waals surface area contributed by atoms with Crippen molar-refractivity contribution >= 4 is 142 Å². The second kappa shape index (κ2) is 18.8.